The Kier molecular flexibility index (Phi) is 70.9. The van der Waals surface area contributed by atoms with Gasteiger partial charge in [0.1, 0.15) is 19.3 Å². The average Bonchev–Trinajstić information content (AvgIpc) is 0.939. The minimum absolute atomic E-state index is 0.103. The number of aliphatic hydroxyl groups is 1. The second-order valence-electron chi connectivity index (χ2n) is 30.7. The van der Waals surface area contributed by atoms with Crippen LogP contribution in [0, 0.1) is 17.8 Å². The van der Waals surface area contributed by atoms with Crippen molar-refractivity contribution in [1.29, 1.82) is 0 Å². The summed E-state index contributed by atoms with van der Waals surface area (Å²) in [5.74, 6) is 0.129. The highest BCUT2D eigenvalue weighted by Gasteiger charge is 2.30. The molecular weight excluding hydrogens is 1320 g/mol. The molecule has 6 atom stereocenters. The molecule has 0 radical (unpaired) electrons. The molecule has 0 aliphatic rings. The van der Waals surface area contributed by atoms with Crippen molar-refractivity contribution in [2.75, 3.05) is 39.6 Å². The van der Waals surface area contributed by atoms with Gasteiger partial charge in [-0.25, -0.2) is 9.13 Å². The minimum Gasteiger partial charge on any atom is -0.462 e. The lowest BCUT2D eigenvalue weighted by molar-refractivity contribution is -0.161. The largest absolute Gasteiger partial charge is 0.472 e. The highest BCUT2D eigenvalue weighted by atomic mass is 31.2. The van der Waals surface area contributed by atoms with Crippen LogP contribution in [0.2, 0.25) is 0 Å². The lowest BCUT2D eigenvalue weighted by Gasteiger charge is -2.21. The van der Waals surface area contributed by atoms with Crippen molar-refractivity contribution in [1.82, 2.24) is 0 Å². The molecule has 0 amide bonds. The third-order valence-corrected chi connectivity index (χ3v) is 21.4. The van der Waals surface area contributed by atoms with Crippen molar-refractivity contribution < 1.29 is 80.2 Å². The summed E-state index contributed by atoms with van der Waals surface area (Å²) < 4.78 is 68.6. The van der Waals surface area contributed by atoms with Gasteiger partial charge >= 0.3 is 39.5 Å². The number of phosphoric ester groups is 2. The molecule has 101 heavy (non-hydrogen) atoms. The van der Waals surface area contributed by atoms with Gasteiger partial charge in [-0.15, -0.1) is 0 Å². The van der Waals surface area contributed by atoms with Crippen molar-refractivity contribution in [2.24, 2.45) is 17.8 Å². The summed E-state index contributed by atoms with van der Waals surface area (Å²) in [5, 5.41) is 10.6. The van der Waals surface area contributed by atoms with Crippen LogP contribution in [0.3, 0.4) is 0 Å². The molecule has 600 valence electrons. The molecule has 0 heterocycles. The summed E-state index contributed by atoms with van der Waals surface area (Å²) in [6.07, 6.45) is 61.6. The molecule has 17 nitrogen and oxygen atoms in total. The van der Waals surface area contributed by atoms with Crippen LogP contribution in [0.5, 0.6) is 0 Å². The molecule has 0 bridgehead atoms. The zero-order valence-corrected chi connectivity index (χ0v) is 68.2. The van der Waals surface area contributed by atoms with E-state index in [4.69, 9.17) is 37.0 Å². The Morgan fingerprint density at radius 3 is 0.752 bits per heavy atom. The maximum absolute atomic E-state index is 13.1. The fourth-order valence-electron chi connectivity index (χ4n) is 12.6. The van der Waals surface area contributed by atoms with E-state index in [2.05, 4.69) is 48.5 Å². The molecule has 3 N–H and O–H groups in total. The number of esters is 4. The van der Waals surface area contributed by atoms with E-state index in [-0.39, 0.29) is 25.7 Å². The van der Waals surface area contributed by atoms with E-state index >= 15 is 0 Å². The number of ether oxygens (including phenoxy) is 4. The van der Waals surface area contributed by atoms with Crippen molar-refractivity contribution in [3.63, 3.8) is 0 Å². The fourth-order valence-corrected chi connectivity index (χ4v) is 14.2. The average molecular weight is 1480 g/mol. The first-order chi connectivity index (χ1) is 48.8. The summed E-state index contributed by atoms with van der Waals surface area (Å²) in [6, 6.07) is 0. The maximum Gasteiger partial charge on any atom is 0.472 e. The van der Waals surface area contributed by atoms with Gasteiger partial charge in [-0.3, -0.25) is 37.3 Å². The van der Waals surface area contributed by atoms with Crippen LogP contribution in [0.4, 0.5) is 0 Å². The number of rotatable bonds is 80. The highest BCUT2D eigenvalue weighted by Crippen LogP contribution is 2.45. The Balaban J connectivity index is 5.17. The summed E-state index contributed by atoms with van der Waals surface area (Å²) in [7, 11) is -9.92. The predicted molar refractivity (Wildman–Crippen MR) is 414 cm³/mol. The summed E-state index contributed by atoms with van der Waals surface area (Å²) >= 11 is 0. The van der Waals surface area contributed by atoms with Gasteiger partial charge in [0.25, 0.3) is 0 Å². The first kappa shape index (κ1) is 99.1. The lowest BCUT2D eigenvalue weighted by atomic mass is 9.99. The van der Waals surface area contributed by atoms with Gasteiger partial charge in [0.05, 0.1) is 26.4 Å². The number of hydrogen-bond acceptors (Lipinski definition) is 15. The van der Waals surface area contributed by atoms with Gasteiger partial charge in [0.2, 0.25) is 0 Å². The van der Waals surface area contributed by atoms with Gasteiger partial charge in [-0.05, 0) is 43.4 Å². The molecule has 0 saturated heterocycles. The molecule has 0 aromatic heterocycles. The first-order valence-electron chi connectivity index (χ1n) is 42.4. The molecule has 0 saturated carbocycles. The normalized spacial score (nSPS) is 14.2. The lowest BCUT2D eigenvalue weighted by Crippen LogP contribution is -2.30. The number of phosphoric acid groups is 2. The zero-order chi connectivity index (χ0) is 74.4. The number of carbonyl (C=O) groups excluding carboxylic acids is 4. The van der Waals surface area contributed by atoms with Crippen LogP contribution in [-0.2, 0) is 65.4 Å². The summed E-state index contributed by atoms with van der Waals surface area (Å²) in [6.45, 7) is 11.8. The quantitative estimate of drug-likeness (QED) is 0.0222. The van der Waals surface area contributed by atoms with Crippen molar-refractivity contribution in [2.45, 2.75) is 446 Å². The Morgan fingerprint density at radius 1 is 0.287 bits per heavy atom. The second-order valence-corrected chi connectivity index (χ2v) is 33.6. The Morgan fingerprint density at radius 2 is 0.505 bits per heavy atom. The SMILES string of the molecule is CCCCCCCCCCCCCCCCCCCCCCC(=O)OC[C@H](COP(=O)(O)OC[C@@H](O)COP(=O)(O)OC[C@@H](COC(=O)CCCCCCCCC(C)C)OC(=O)CCCCCCCCCC(C)C)OC(=O)CCCCCCCCCCCCCCCCCCCCC(C)CC. The van der Waals surface area contributed by atoms with Gasteiger partial charge in [0.15, 0.2) is 12.2 Å². The molecule has 0 fully saturated rings. The Labute approximate surface area is 619 Å². The fraction of sp³-hybridized carbons (Fsp3) is 0.951. The van der Waals surface area contributed by atoms with Crippen LogP contribution >= 0.6 is 15.6 Å². The Hall–Kier alpha value is -1.94. The Bertz CT molecular complexity index is 1960. The van der Waals surface area contributed by atoms with Crippen molar-refractivity contribution >= 4 is 39.5 Å². The van der Waals surface area contributed by atoms with Crippen molar-refractivity contribution in [3.05, 3.63) is 0 Å². The monoisotopic (exact) mass is 1480 g/mol. The molecule has 3 unspecified atom stereocenters. The zero-order valence-electron chi connectivity index (χ0n) is 66.4. The predicted octanol–water partition coefficient (Wildman–Crippen LogP) is 24.5. The third kappa shape index (κ3) is 74.7. The van der Waals surface area contributed by atoms with Gasteiger partial charge in [-0.1, -0.05) is 376 Å². The van der Waals surface area contributed by atoms with E-state index in [1.165, 1.54) is 231 Å². The second kappa shape index (κ2) is 72.3. The van der Waals surface area contributed by atoms with Crippen LogP contribution in [0.25, 0.3) is 0 Å². The summed E-state index contributed by atoms with van der Waals surface area (Å²) in [5.41, 5.74) is 0. The smallest absolute Gasteiger partial charge is 0.462 e. The van der Waals surface area contributed by atoms with E-state index < -0.39 is 97.5 Å². The molecule has 0 aliphatic heterocycles. The molecule has 0 spiro atoms. The topological polar surface area (TPSA) is 237 Å². The van der Waals surface area contributed by atoms with Crippen molar-refractivity contribution in [3.8, 4) is 0 Å². The summed E-state index contributed by atoms with van der Waals surface area (Å²) in [4.78, 5) is 72.9. The van der Waals surface area contributed by atoms with Crippen LogP contribution < -0.4 is 0 Å². The number of aliphatic hydroxyl groups excluding tert-OH is 1. The first-order valence-corrected chi connectivity index (χ1v) is 45.4. The minimum atomic E-state index is -4.96. The van der Waals surface area contributed by atoms with Crippen LogP contribution in [-0.4, -0.2) is 96.7 Å². The van der Waals surface area contributed by atoms with Gasteiger partial charge in [-0.2, -0.15) is 0 Å². The third-order valence-electron chi connectivity index (χ3n) is 19.5. The van der Waals surface area contributed by atoms with E-state index in [1.54, 1.807) is 0 Å². The molecule has 0 rings (SSSR count). The van der Waals surface area contributed by atoms with Gasteiger partial charge in [0, 0.05) is 25.7 Å². The number of hydrogen-bond donors (Lipinski definition) is 3. The van der Waals surface area contributed by atoms with E-state index in [0.717, 1.165) is 102 Å². The highest BCUT2D eigenvalue weighted by molar-refractivity contribution is 7.47. The van der Waals surface area contributed by atoms with Gasteiger partial charge < -0.3 is 33.8 Å². The molecular formula is C82H160O17P2. The van der Waals surface area contributed by atoms with Crippen LogP contribution in [0.15, 0.2) is 0 Å². The van der Waals surface area contributed by atoms with E-state index in [0.29, 0.717) is 37.5 Å². The maximum atomic E-state index is 13.1. The van der Waals surface area contributed by atoms with Crippen LogP contribution in [0.1, 0.15) is 427 Å². The number of unbranched alkanes of at least 4 members (excludes halogenated alkanes) is 47. The van der Waals surface area contributed by atoms with E-state index in [1.807, 2.05) is 0 Å². The molecule has 0 aromatic carbocycles. The molecule has 0 aliphatic carbocycles. The standard InChI is InChI=1S/C82H160O17P2/c1-8-10-11-12-13-14-15-16-17-18-19-20-24-27-30-33-36-41-49-56-63-79(84)92-69-77(98-81(86)65-58-51-42-37-34-31-28-25-22-21-23-26-29-32-35-40-48-55-62-75(7)9-2)71-96-100(88,89)94-67-76(83)68-95-101(90,91)97-72-78(70-93-80(85)64-57-50-45-44-47-54-61-74(5)6)99-82(87)66-59-52-43-38-39-46-53-60-73(3)4/h73-78,83H,8-72H2,1-7H3,(H,88,89)(H,90,91)/t75?,76-,77-,78-/m1/s1. The number of carbonyl (C=O) groups is 4. The molecule has 19 heteroatoms. The molecule has 0 aromatic rings. The van der Waals surface area contributed by atoms with E-state index in [9.17, 15) is 43.2 Å².